The Kier molecular flexibility index (Phi) is 7.18. The van der Waals surface area contributed by atoms with Crippen LogP contribution in [0.3, 0.4) is 0 Å². The summed E-state index contributed by atoms with van der Waals surface area (Å²) in [6.45, 7) is 9.47. The highest BCUT2D eigenvalue weighted by atomic mass is 14.9. The van der Waals surface area contributed by atoms with E-state index in [4.69, 9.17) is 0 Å². The van der Waals surface area contributed by atoms with E-state index in [0.717, 1.165) is 5.92 Å². The molecule has 0 amide bonds. The van der Waals surface area contributed by atoms with Gasteiger partial charge in [0.25, 0.3) is 0 Å². The number of nitrogens with one attached hydrogen (secondary N) is 1. The van der Waals surface area contributed by atoms with Gasteiger partial charge in [0.2, 0.25) is 0 Å². The van der Waals surface area contributed by atoms with Crippen molar-refractivity contribution < 1.29 is 0 Å². The molecule has 1 aliphatic rings. The van der Waals surface area contributed by atoms with Gasteiger partial charge in [0.1, 0.15) is 0 Å². The Labute approximate surface area is 109 Å². The van der Waals surface area contributed by atoms with Gasteiger partial charge in [0, 0.05) is 6.54 Å². The topological polar surface area (TPSA) is 12.0 Å². The van der Waals surface area contributed by atoms with Gasteiger partial charge in [-0.2, -0.15) is 0 Å². The van der Waals surface area contributed by atoms with Crippen LogP contribution in [0.2, 0.25) is 0 Å². The molecule has 1 nitrogen and oxygen atoms in total. The number of rotatable bonds is 8. The molecule has 0 spiro atoms. The van der Waals surface area contributed by atoms with E-state index in [-0.39, 0.29) is 0 Å². The van der Waals surface area contributed by atoms with Crippen molar-refractivity contribution in [3.8, 4) is 0 Å². The fraction of sp³-hybridized carbons (Fsp3) is 1.00. The Morgan fingerprint density at radius 1 is 1.12 bits per heavy atom. The Morgan fingerprint density at radius 3 is 2.41 bits per heavy atom. The normalized spacial score (nSPS) is 21.4. The molecule has 1 heteroatoms. The molecule has 0 bridgehead atoms. The van der Waals surface area contributed by atoms with Gasteiger partial charge in [0.15, 0.2) is 0 Å². The van der Waals surface area contributed by atoms with Crippen LogP contribution in [0, 0.1) is 11.3 Å². The van der Waals surface area contributed by atoms with E-state index in [0.29, 0.717) is 5.41 Å². The summed E-state index contributed by atoms with van der Waals surface area (Å²) in [6.07, 6.45) is 12.9. The predicted octanol–water partition coefficient (Wildman–Crippen LogP) is 4.76. The molecule has 1 fully saturated rings. The van der Waals surface area contributed by atoms with Crippen molar-refractivity contribution in [2.45, 2.75) is 78.6 Å². The zero-order valence-electron chi connectivity index (χ0n) is 12.4. The smallest absolute Gasteiger partial charge is 0.000506 e. The summed E-state index contributed by atoms with van der Waals surface area (Å²) >= 11 is 0. The summed E-state index contributed by atoms with van der Waals surface area (Å²) in [7, 11) is 0. The average molecular weight is 239 g/mol. The lowest BCUT2D eigenvalue weighted by Crippen LogP contribution is -2.32. The van der Waals surface area contributed by atoms with Gasteiger partial charge < -0.3 is 5.32 Å². The highest BCUT2D eigenvalue weighted by Gasteiger charge is 2.23. The molecule has 1 rings (SSSR count). The molecule has 0 radical (unpaired) electrons. The first-order valence-corrected chi connectivity index (χ1v) is 7.91. The van der Waals surface area contributed by atoms with Crippen molar-refractivity contribution in [2.75, 3.05) is 13.1 Å². The summed E-state index contributed by atoms with van der Waals surface area (Å²) < 4.78 is 0. The minimum absolute atomic E-state index is 0.534. The molecule has 1 N–H and O–H groups in total. The van der Waals surface area contributed by atoms with Crippen LogP contribution in [0.1, 0.15) is 78.6 Å². The minimum atomic E-state index is 0.534. The van der Waals surface area contributed by atoms with Crippen molar-refractivity contribution in [3.63, 3.8) is 0 Å². The van der Waals surface area contributed by atoms with E-state index >= 15 is 0 Å². The molecule has 0 aromatic rings. The lowest BCUT2D eigenvalue weighted by atomic mass is 9.77. The Bertz CT molecular complexity index is 184. The summed E-state index contributed by atoms with van der Waals surface area (Å²) in [5.41, 5.74) is 0.534. The average Bonchev–Trinajstić information content (AvgIpc) is 2.38. The quantitative estimate of drug-likeness (QED) is 0.602. The fourth-order valence-electron chi connectivity index (χ4n) is 2.99. The monoisotopic (exact) mass is 239 g/mol. The molecule has 0 heterocycles. The largest absolute Gasteiger partial charge is 0.316 e. The van der Waals surface area contributed by atoms with Gasteiger partial charge in [0.05, 0.1) is 0 Å². The Hall–Kier alpha value is -0.0400. The lowest BCUT2D eigenvalue weighted by Gasteiger charge is -2.31. The number of hydrogen-bond acceptors (Lipinski definition) is 1. The van der Waals surface area contributed by atoms with Gasteiger partial charge in [-0.3, -0.25) is 0 Å². The van der Waals surface area contributed by atoms with Crippen molar-refractivity contribution in [3.05, 3.63) is 0 Å². The molecule has 17 heavy (non-hydrogen) atoms. The van der Waals surface area contributed by atoms with Crippen molar-refractivity contribution in [2.24, 2.45) is 11.3 Å². The molecule has 1 atom stereocenters. The van der Waals surface area contributed by atoms with Crippen LogP contribution < -0.4 is 5.32 Å². The van der Waals surface area contributed by atoms with Crippen LogP contribution in [0.4, 0.5) is 0 Å². The third-order valence-electron chi connectivity index (χ3n) is 4.71. The first-order chi connectivity index (χ1) is 8.20. The highest BCUT2D eigenvalue weighted by Crippen LogP contribution is 2.33. The van der Waals surface area contributed by atoms with E-state index < -0.39 is 0 Å². The molecule has 1 saturated carbocycles. The van der Waals surface area contributed by atoms with E-state index in [1.165, 1.54) is 70.9 Å². The standard InChI is InChI=1S/C16H33N/c1-4-13-17-14-16(3,5-2)12-11-15-9-7-6-8-10-15/h15,17H,4-14H2,1-3H3. The van der Waals surface area contributed by atoms with Crippen LogP contribution in [-0.4, -0.2) is 13.1 Å². The molecular formula is C16H33N. The van der Waals surface area contributed by atoms with E-state index in [2.05, 4.69) is 26.1 Å². The second-order valence-electron chi connectivity index (χ2n) is 6.38. The van der Waals surface area contributed by atoms with E-state index in [1.807, 2.05) is 0 Å². The van der Waals surface area contributed by atoms with E-state index in [9.17, 15) is 0 Å². The summed E-state index contributed by atoms with van der Waals surface area (Å²) in [5, 5.41) is 3.61. The summed E-state index contributed by atoms with van der Waals surface area (Å²) in [4.78, 5) is 0. The van der Waals surface area contributed by atoms with E-state index in [1.54, 1.807) is 0 Å². The maximum Gasteiger partial charge on any atom is 0.000506 e. The minimum Gasteiger partial charge on any atom is -0.316 e. The molecule has 0 aromatic heterocycles. The molecule has 0 saturated heterocycles. The van der Waals surface area contributed by atoms with Crippen LogP contribution in [0.15, 0.2) is 0 Å². The van der Waals surface area contributed by atoms with Crippen LogP contribution in [0.5, 0.6) is 0 Å². The second kappa shape index (κ2) is 8.13. The zero-order valence-corrected chi connectivity index (χ0v) is 12.4. The fourth-order valence-corrected chi connectivity index (χ4v) is 2.99. The van der Waals surface area contributed by atoms with Gasteiger partial charge in [-0.1, -0.05) is 52.9 Å². The SMILES string of the molecule is CCCNCC(C)(CC)CCC1CCCCC1. The molecule has 102 valence electrons. The molecular weight excluding hydrogens is 206 g/mol. The van der Waals surface area contributed by atoms with Gasteiger partial charge in [-0.15, -0.1) is 0 Å². The predicted molar refractivity (Wildman–Crippen MR) is 77.4 cm³/mol. The van der Waals surface area contributed by atoms with Crippen LogP contribution in [-0.2, 0) is 0 Å². The Morgan fingerprint density at radius 2 is 1.82 bits per heavy atom. The molecule has 0 aromatic carbocycles. The summed E-state index contributed by atoms with van der Waals surface area (Å²) in [6, 6.07) is 0. The first kappa shape index (κ1) is 15.0. The van der Waals surface area contributed by atoms with Gasteiger partial charge in [-0.05, 0) is 43.6 Å². The second-order valence-corrected chi connectivity index (χ2v) is 6.38. The number of hydrogen-bond donors (Lipinski definition) is 1. The zero-order chi connectivity index (χ0) is 12.6. The third kappa shape index (κ3) is 5.90. The molecule has 1 aliphatic carbocycles. The summed E-state index contributed by atoms with van der Waals surface area (Å²) in [5.74, 6) is 1.04. The molecule has 1 unspecified atom stereocenters. The Balaban J connectivity index is 2.23. The van der Waals surface area contributed by atoms with Crippen molar-refractivity contribution >= 4 is 0 Å². The van der Waals surface area contributed by atoms with Gasteiger partial charge in [-0.25, -0.2) is 0 Å². The van der Waals surface area contributed by atoms with Crippen LogP contribution in [0.25, 0.3) is 0 Å². The first-order valence-electron chi connectivity index (χ1n) is 7.91. The lowest BCUT2D eigenvalue weighted by molar-refractivity contribution is 0.223. The molecule has 0 aliphatic heterocycles. The van der Waals surface area contributed by atoms with Gasteiger partial charge >= 0.3 is 0 Å². The third-order valence-corrected chi connectivity index (χ3v) is 4.71. The van der Waals surface area contributed by atoms with Crippen molar-refractivity contribution in [1.29, 1.82) is 0 Å². The van der Waals surface area contributed by atoms with Crippen LogP contribution >= 0.6 is 0 Å². The maximum atomic E-state index is 3.61. The van der Waals surface area contributed by atoms with Crippen molar-refractivity contribution in [1.82, 2.24) is 5.32 Å². The maximum absolute atomic E-state index is 3.61. The highest BCUT2D eigenvalue weighted by molar-refractivity contribution is 4.78.